The smallest absolute Gasteiger partial charge is 0.224 e. The van der Waals surface area contributed by atoms with Gasteiger partial charge in [0.05, 0.1) is 6.42 Å². The fourth-order valence-corrected chi connectivity index (χ4v) is 2.07. The lowest BCUT2D eigenvalue weighted by atomic mass is 10.1. The fourth-order valence-electron chi connectivity index (χ4n) is 2.07. The molecule has 0 unspecified atom stereocenters. The zero-order valence-corrected chi connectivity index (χ0v) is 11.7. The second kappa shape index (κ2) is 6.75. The van der Waals surface area contributed by atoms with Crippen molar-refractivity contribution in [3.05, 3.63) is 65.2 Å². The Kier molecular flexibility index (Phi) is 4.77. The minimum atomic E-state index is 0.0646. The van der Waals surface area contributed by atoms with Crippen molar-refractivity contribution in [3.63, 3.8) is 0 Å². The van der Waals surface area contributed by atoms with Gasteiger partial charge < -0.3 is 11.1 Å². The van der Waals surface area contributed by atoms with E-state index in [-0.39, 0.29) is 5.91 Å². The van der Waals surface area contributed by atoms with Crippen LogP contribution in [0.3, 0.4) is 0 Å². The van der Waals surface area contributed by atoms with E-state index in [1.807, 2.05) is 55.5 Å². The highest BCUT2D eigenvalue weighted by atomic mass is 16.1. The zero-order chi connectivity index (χ0) is 14.4. The standard InChI is InChI=1S/C17H20N2O/c1-13-4-2-3-5-15(13)12-17(20)19-11-10-14-6-8-16(18)9-7-14/h2-9H,10-12,18H2,1H3,(H,19,20). The van der Waals surface area contributed by atoms with Crippen LogP contribution in [0.25, 0.3) is 0 Å². The number of benzene rings is 2. The third kappa shape index (κ3) is 4.12. The molecule has 0 aliphatic heterocycles. The molecule has 0 spiro atoms. The molecule has 0 fully saturated rings. The second-order valence-corrected chi connectivity index (χ2v) is 4.94. The van der Waals surface area contributed by atoms with Crippen molar-refractivity contribution in [3.8, 4) is 0 Å². The summed E-state index contributed by atoms with van der Waals surface area (Å²) in [4.78, 5) is 11.9. The van der Waals surface area contributed by atoms with Crippen LogP contribution in [0.2, 0.25) is 0 Å². The van der Waals surface area contributed by atoms with Crippen molar-refractivity contribution < 1.29 is 4.79 Å². The molecule has 2 aromatic rings. The van der Waals surface area contributed by atoms with Gasteiger partial charge in [-0.1, -0.05) is 36.4 Å². The van der Waals surface area contributed by atoms with E-state index in [4.69, 9.17) is 5.73 Å². The molecule has 0 radical (unpaired) electrons. The van der Waals surface area contributed by atoms with E-state index in [2.05, 4.69) is 5.32 Å². The van der Waals surface area contributed by atoms with E-state index in [9.17, 15) is 4.79 Å². The van der Waals surface area contributed by atoms with Gasteiger partial charge in [-0.05, 0) is 42.2 Å². The number of amides is 1. The number of hydrogen-bond acceptors (Lipinski definition) is 2. The molecule has 0 atom stereocenters. The Morgan fingerprint density at radius 1 is 1.10 bits per heavy atom. The first kappa shape index (κ1) is 14.1. The molecule has 3 nitrogen and oxygen atoms in total. The SMILES string of the molecule is Cc1ccccc1CC(=O)NCCc1ccc(N)cc1. The number of nitrogen functional groups attached to an aromatic ring is 1. The van der Waals surface area contributed by atoms with Crippen molar-refractivity contribution in [2.75, 3.05) is 12.3 Å². The highest BCUT2D eigenvalue weighted by molar-refractivity contribution is 5.78. The number of carbonyl (C=O) groups excluding carboxylic acids is 1. The summed E-state index contributed by atoms with van der Waals surface area (Å²) >= 11 is 0. The van der Waals surface area contributed by atoms with Gasteiger partial charge in [0.25, 0.3) is 0 Å². The largest absolute Gasteiger partial charge is 0.399 e. The number of nitrogens with one attached hydrogen (secondary N) is 1. The van der Waals surface area contributed by atoms with Gasteiger partial charge in [-0.2, -0.15) is 0 Å². The maximum atomic E-state index is 11.9. The molecule has 1 amide bonds. The molecule has 104 valence electrons. The lowest BCUT2D eigenvalue weighted by Crippen LogP contribution is -2.27. The number of hydrogen-bond donors (Lipinski definition) is 2. The summed E-state index contributed by atoms with van der Waals surface area (Å²) in [6.45, 7) is 2.67. The summed E-state index contributed by atoms with van der Waals surface area (Å²) in [5.41, 5.74) is 9.81. The van der Waals surface area contributed by atoms with Gasteiger partial charge in [0.15, 0.2) is 0 Å². The van der Waals surface area contributed by atoms with Crippen LogP contribution in [-0.4, -0.2) is 12.5 Å². The van der Waals surface area contributed by atoms with Gasteiger partial charge in [-0.25, -0.2) is 0 Å². The molecule has 0 aliphatic carbocycles. The first-order valence-corrected chi connectivity index (χ1v) is 6.81. The van der Waals surface area contributed by atoms with Gasteiger partial charge in [0.1, 0.15) is 0 Å². The maximum Gasteiger partial charge on any atom is 0.224 e. The second-order valence-electron chi connectivity index (χ2n) is 4.94. The molecule has 0 saturated heterocycles. The molecule has 3 N–H and O–H groups in total. The van der Waals surface area contributed by atoms with Gasteiger partial charge >= 0.3 is 0 Å². The highest BCUT2D eigenvalue weighted by Crippen LogP contribution is 2.08. The Morgan fingerprint density at radius 2 is 1.80 bits per heavy atom. The first-order valence-electron chi connectivity index (χ1n) is 6.81. The Bertz CT molecular complexity index is 576. The summed E-state index contributed by atoms with van der Waals surface area (Å²) in [5.74, 6) is 0.0646. The fraction of sp³-hybridized carbons (Fsp3) is 0.235. The predicted molar refractivity (Wildman–Crippen MR) is 82.5 cm³/mol. The average Bonchev–Trinajstić information content (AvgIpc) is 2.44. The van der Waals surface area contributed by atoms with Crippen molar-refractivity contribution in [2.24, 2.45) is 0 Å². The van der Waals surface area contributed by atoms with Crippen LogP contribution in [0.1, 0.15) is 16.7 Å². The molecule has 0 saturated carbocycles. The van der Waals surface area contributed by atoms with Crippen LogP contribution in [0.4, 0.5) is 5.69 Å². The number of nitrogens with two attached hydrogens (primary N) is 1. The van der Waals surface area contributed by atoms with Crippen LogP contribution < -0.4 is 11.1 Å². The number of anilines is 1. The van der Waals surface area contributed by atoms with Crippen LogP contribution in [0.5, 0.6) is 0 Å². The predicted octanol–water partition coefficient (Wildman–Crippen LogP) is 2.48. The Balaban J connectivity index is 1.78. The van der Waals surface area contributed by atoms with Crippen LogP contribution in [0.15, 0.2) is 48.5 Å². The number of rotatable bonds is 5. The average molecular weight is 268 g/mol. The summed E-state index contributed by atoms with van der Waals surface area (Å²) in [7, 11) is 0. The Labute approximate surface area is 119 Å². The molecule has 0 bridgehead atoms. The van der Waals surface area contributed by atoms with E-state index < -0.39 is 0 Å². The van der Waals surface area contributed by atoms with Crippen LogP contribution in [-0.2, 0) is 17.6 Å². The molecule has 2 rings (SSSR count). The van der Waals surface area contributed by atoms with E-state index >= 15 is 0 Å². The van der Waals surface area contributed by atoms with Gasteiger partial charge in [-0.15, -0.1) is 0 Å². The Hall–Kier alpha value is -2.29. The molecule has 0 aliphatic rings. The minimum absolute atomic E-state index is 0.0646. The minimum Gasteiger partial charge on any atom is -0.399 e. The van der Waals surface area contributed by atoms with Crippen molar-refractivity contribution in [2.45, 2.75) is 19.8 Å². The Morgan fingerprint density at radius 3 is 2.50 bits per heavy atom. The van der Waals surface area contributed by atoms with E-state index in [1.54, 1.807) is 0 Å². The van der Waals surface area contributed by atoms with E-state index in [1.165, 1.54) is 5.56 Å². The molecule has 0 aromatic heterocycles. The van der Waals surface area contributed by atoms with Gasteiger partial charge in [0, 0.05) is 12.2 Å². The highest BCUT2D eigenvalue weighted by Gasteiger charge is 2.04. The van der Waals surface area contributed by atoms with Crippen molar-refractivity contribution >= 4 is 11.6 Å². The monoisotopic (exact) mass is 268 g/mol. The van der Waals surface area contributed by atoms with Crippen LogP contribution >= 0.6 is 0 Å². The van der Waals surface area contributed by atoms with Gasteiger partial charge in [-0.3, -0.25) is 4.79 Å². The zero-order valence-electron chi connectivity index (χ0n) is 11.7. The normalized spacial score (nSPS) is 10.2. The van der Waals surface area contributed by atoms with Crippen molar-refractivity contribution in [1.29, 1.82) is 0 Å². The van der Waals surface area contributed by atoms with E-state index in [0.29, 0.717) is 13.0 Å². The number of carbonyl (C=O) groups is 1. The van der Waals surface area contributed by atoms with Crippen molar-refractivity contribution in [1.82, 2.24) is 5.32 Å². The van der Waals surface area contributed by atoms with Gasteiger partial charge in [0.2, 0.25) is 5.91 Å². The molecular formula is C17H20N2O. The summed E-state index contributed by atoms with van der Waals surface area (Å²) in [6.07, 6.45) is 1.26. The maximum absolute atomic E-state index is 11.9. The lowest BCUT2D eigenvalue weighted by Gasteiger charge is -2.07. The summed E-state index contributed by atoms with van der Waals surface area (Å²) in [5, 5.41) is 2.95. The first-order chi connectivity index (χ1) is 9.65. The topological polar surface area (TPSA) is 55.1 Å². The van der Waals surface area contributed by atoms with E-state index in [0.717, 1.165) is 23.2 Å². The third-order valence-electron chi connectivity index (χ3n) is 3.33. The molecule has 20 heavy (non-hydrogen) atoms. The quantitative estimate of drug-likeness (QED) is 0.819. The number of aryl methyl sites for hydroxylation is 1. The summed E-state index contributed by atoms with van der Waals surface area (Å²) in [6, 6.07) is 15.7. The summed E-state index contributed by atoms with van der Waals surface area (Å²) < 4.78 is 0. The third-order valence-corrected chi connectivity index (χ3v) is 3.33. The molecular weight excluding hydrogens is 248 g/mol. The molecule has 0 heterocycles. The van der Waals surface area contributed by atoms with Crippen LogP contribution in [0, 0.1) is 6.92 Å². The lowest BCUT2D eigenvalue weighted by molar-refractivity contribution is -0.120. The molecule has 2 aromatic carbocycles. The molecule has 3 heteroatoms.